The molecule has 10 nitrogen and oxygen atoms in total. The molecular weight excluding hydrogens is 500 g/mol. The summed E-state index contributed by atoms with van der Waals surface area (Å²) in [7, 11) is 6.56. The molecule has 1 aromatic heterocycles. The van der Waals surface area contributed by atoms with Gasteiger partial charge in [0, 0.05) is 31.4 Å². The van der Waals surface area contributed by atoms with Crippen LogP contribution in [0.2, 0.25) is 0 Å². The fourth-order valence-electron chi connectivity index (χ4n) is 4.96. The number of amides is 2. The summed E-state index contributed by atoms with van der Waals surface area (Å²) in [6.07, 6.45) is 3.08. The molecule has 3 aromatic rings. The highest BCUT2D eigenvalue weighted by Gasteiger charge is 2.29. The van der Waals surface area contributed by atoms with Crippen LogP contribution in [0.15, 0.2) is 47.4 Å². The monoisotopic (exact) mass is 534 g/mol. The van der Waals surface area contributed by atoms with E-state index in [1.165, 1.54) is 20.1 Å². The first kappa shape index (κ1) is 27.6. The number of anilines is 1. The Morgan fingerprint density at radius 3 is 2.46 bits per heavy atom. The molecule has 1 aliphatic rings. The van der Waals surface area contributed by atoms with E-state index in [0.29, 0.717) is 42.2 Å². The molecule has 2 aromatic carbocycles. The van der Waals surface area contributed by atoms with Gasteiger partial charge in [-0.25, -0.2) is 0 Å². The third kappa shape index (κ3) is 5.84. The van der Waals surface area contributed by atoms with Gasteiger partial charge in [-0.2, -0.15) is 0 Å². The Morgan fingerprint density at radius 2 is 1.82 bits per heavy atom. The van der Waals surface area contributed by atoms with Crippen molar-refractivity contribution in [2.45, 2.75) is 32.4 Å². The lowest BCUT2D eigenvalue weighted by Gasteiger charge is -2.19. The number of hydrogen-bond donors (Lipinski definition) is 3. The zero-order valence-electron chi connectivity index (χ0n) is 22.8. The Morgan fingerprint density at radius 1 is 1.05 bits per heavy atom. The molecule has 10 heteroatoms. The lowest BCUT2D eigenvalue weighted by Crippen LogP contribution is -2.31. The second-order valence-electron chi connectivity index (χ2n) is 9.34. The highest BCUT2D eigenvalue weighted by molar-refractivity contribution is 5.84. The van der Waals surface area contributed by atoms with Gasteiger partial charge >= 0.3 is 0 Å². The maximum Gasteiger partial charge on any atom is 0.239 e. The molecule has 1 atom stereocenters. The van der Waals surface area contributed by atoms with Crippen LogP contribution in [0.5, 0.6) is 17.2 Å². The standard InChI is InChI=1S/C29H34N4O6/c1-17(34)32-22-10-8-18-13-25(37-3)28(38-4)29(39-5)27(18)20-9-11-23(24(35)14-21(20)22)30-16-26(36)31-15-19-7-6-12-33(19)2/h6-7,9,11-14,22H,8,10,15-16H2,1-5H3,(H,30,35)(H,31,36)(H,32,34). The third-order valence-corrected chi connectivity index (χ3v) is 6.87. The van der Waals surface area contributed by atoms with Crippen molar-refractivity contribution in [3.63, 3.8) is 0 Å². The molecule has 0 spiro atoms. The minimum atomic E-state index is -0.409. The van der Waals surface area contributed by atoms with Gasteiger partial charge in [0.05, 0.1) is 46.1 Å². The smallest absolute Gasteiger partial charge is 0.239 e. The number of benzene rings is 1. The first-order chi connectivity index (χ1) is 18.8. The number of aryl methyl sites for hydroxylation is 2. The summed E-state index contributed by atoms with van der Waals surface area (Å²) in [6.45, 7) is 1.76. The SMILES string of the molecule is COc1cc2c(c(OC)c1OC)-c1ccc(NCC(=O)NCc3cccn3C)c(=O)cc1C(NC(C)=O)CC2. The number of rotatable bonds is 9. The number of nitrogens with zero attached hydrogens (tertiary/aromatic N) is 1. The molecule has 0 saturated heterocycles. The molecule has 0 saturated carbocycles. The van der Waals surface area contributed by atoms with Crippen LogP contribution in [-0.4, -0.2) is 44.3 Å². The molecule has 0 aliphatic heterocycles. The van der Waals surface area contributed by atoms with Gasteiger partial charge in [-0.15, -0.1) is 0 Å². The minimum absolute atomic E-state index is 0.0750. The highest BCUT2D eigenvalue weighted by Crippen LogP contribution is 2.50. The maximum absolute atomic E-state index is 13.3. The number of ether oxygens (including phenoxy) is 3. The first-order valence-electron chi connectivity index (χ1n) is 12.7. The summed E-state index contributed by atoms with van der Waals surface area (Å²) in [5.41, 5.74) is 4.00. The molecule has 206 valence electrons. The summed E-state index contributed by atoms with van der Waals surface area (Å²) in [5.74, 6) is 0.991. The van der Waals surface area contributed by atoms with Gasteiger partial charge in [0.15, 0.2) is 11.5 Å². The number of carbonyl (C=O) groups is 2. The van der Waals surface area contributed by atoms with Gasteiger partial charge in [0.2, 0.25) is 23.0 Å². The van der Waals surface area contributed by atoms with Crippen molar-refractivity contribution in [1.82, 2.24) is 15.2 Å². The molecule has 1 unspecified atom stereocenters. The van der Waals surface area contributed by atoms with E-state index in [-0.39, 0.29) is 29.5 Å². The Bertz CT molecular complexity index is 1450. The Hall–Kier alpha value is -4.47. The molecule has 1 heterocycles. The fourth-order valence-corrected chi connectivity index (χ4v) is 4.96. The Labute approximate surface area is 227 Å². The van der Waals surface area contributed by atoms with Crippen molar-refractivity contribution in [3.8, 4) is 28.4 Å². The largest absolute Gasteiger partial charge is 0.493 e. The van der Waals surface area contributed by atoms with E-state index in [1.54, 1.807) is 20.3 Å². The molecule has 2 amide bonds. The predicted molar refractivity (Wildman–Crippen MR) is 148 cm³/mol. The average Bonchev–Trinajstić information content (AvgIpc) is 3.19. The van der Waals surface area contributed by atoms with E-state index >= 15 is 0 Å². The van der Waals surface area contributed by atoms with Crippen LogP contribution in [0, 0.1) is 0 Å². The normalized spacial score (nSPS) is 13.8. The highest BCUT2D eigenvalue weighted by atomic mass is 16.5. The van der Waals surface area contributed by atoms with Crippen LogP contribution in [-0.2, 0) is 29.6 Å². The van der Waals surface area contributed by atoms with E-state index in [1.807, 2.05) is 42.1 Å². The van der Waals surface area contributed by atoms with Crippen molar-refractivity contribution < 1.29 is 23.8 Å². The number of fused-ring (bicyclic) bond motifs is 3. The molecule has 0 bridgehead atoms. The molecule has 1 aliphatic carbocycles. The van der Waals surface area contributed by atoms with Crippen LogP contribution in [0.3, 0.4) is 0 Å². The Kier molecular flexibility index (Phi) is 8.43. The maximum atomic E-state index is 13.3. The van der Waals surface area contributed by atoms with Crippen LogP contribution < -0.4 is 35.6 Å². The fraction of sp³-hybridized carbons (Fsp3) is 0.345. The number of hydrogen-bond acceptors (Lipinski definition) is 7. The second-order valence-corrected chi connectivity index (χ2v) is 9.34. The van der Waals surface area contributed by atoms with Crippen LogP contribution in [0.4, 0.5) is 5.69 Å². The second kappa shape index (κ2) is 11.9. The van der Waals surface area contributed by atoms with Gasteiger partial charge in [0.25, 0.3) is 0 Å². The molecule has 3 N–H and O–H groups in total. The molecule has 4 rings (SSSR count). The van der Waals surface area contributed by atoms with Crippen molar-refractivity contribution in [3.05, 3.63) is 69.6 Å². The summed E-state index contributed by atoms with van der Waals surface area (Å²) >= 11 is 0. The first-order valence-corrected chi connectivity index (χ1v) is 12.7. The van der Waals surface area contributed by atoms with E-state index < -0.39 is 6.04 Å². The van der Waals surface area contributed by atoms with E-state index in [9.17, 15) is 14.4 Å². The molecular formula is C29H34N4O6. The van der Waals surface area contributed by atoms with E-state index in [4.69, 9.17) is 14.2 Å². The third-order valence-electron chi connectivity index (χ3n) is 6.87. The van der Waals surface area contributed by atoms with Crippen molar-refractivity contribution >= 4 is 17.5 Å². The van der Waals surface area contributed by atoms with Crippen molar-refractivity contribution in [2.24, 2.45) is 7.05 Å². The quantitative estimate of drug-likeness (QED) is 0.386. The van der Waals surface area contributed by atoms with Gasteiger partial charge in [0.1, 0.15) is 0 Å². The lowest BCUT2D eigenvalue weighted by molar-refractivity contribution is -0.120. The zero-order valence-corrected chi connectivity index (χ0v) is 22.8. The molecule has 0 fully saturated rings. The van der Waals surface area contributed by atoms with Crippen LogP contribution in [0.1, 0.15) is 36.2 Å². The van der Waals surface area contributed by atoms with Crippen molar-refractivity contribution in [2.75, 3.05) is 33.2 Å². The number of carbonyl (C=O) groups excluding carboxylic acids is 2. The van der Waals surface area contributed by atoms with Gasteiger partial charge in [-0.1, -0.05) is 6.07 Å². The van der Waals surface area contributed by atoms with Crippen LogP contribution >= 0.6 is 0 Å². The summed E-state index contributed by atoms with van der Waals surface area (Å²) in [6, 6.07) is 10.3. The van der Waals surface area contributed by atoms with Gasteiger partial charge < -0.3 is 34.7 Å². The number of methoxy groups -OCH3 is 3. The number of aromatic nitrogens is 1. The summed E-state index contributed by atoms with van der Waals surface area (Å²) in [5, 5.41) is 8.81. The molecule has 0 radical (unpaired) electrons. The topological polar surface area (TPSA) is 120 Å². The lowest BCUT2D eigenvalue weighted by atomic mass is 9.95. The average molecular weight is 535 g/mol. The van der Waals surface area contributed by atoms with E-state index in [0.717, 1.165) is 22.4 Å². The Balaban J connectivity index is 1.73. The number of nitrogens with one attached hydrogen (secondary N) is 3. The zero-order chi connectivity index (χ0) is 28.1. The molecule has 39 heavy (non-hydrogen) atoms. The minimum Gasteiger partial charge on any atom is -0.493 e. The van der Waals surface area contributed by atoms with Gasteiger partial charge in [-0.3, -0.25) is 14.4 Å². The van der Waals surface area contributed by atoms with Crippen LogP contribution in [0.25, 0.3) is 11.1 Å². The predicted octanol–water partition coefficient (Wildman–Crippen LogP) is 2.93. The van der Waals surface area contributed by atoms with Crippen molar-refractivity contribution in [1.29, 1.82) is 0 Å². The van der Waals surface area contributed by atoms with E-state index in [2.05, 4.69) is 16.0 Å². The summed E-state index contributed by atoms with van der Waals surface area (Å²) in [4.78, 5) is 37.9. The van der Waals surface area contributed by atoms with Gasteiger partial charge in [-0.05, 0) is 59.9 Å². The summed E-state index contributed by atoms with van der Waals surface area (Å²) < 4.78 is 18.9.